The van der Waals surface area contributed by atoms with Crippen LogP contribution in [0.3, 0.4) is 0 Å². The fourth-order valence-corrected chi connectivity index (χ4v) is 4.92. The highest BCUT2D eigenvalue weighted by molar-refractivity contribution is 7.91. The van der Waals surface area contributed by atoms with Crippen molar-refractivity contribution in [1.82, 2.24) is 9.78 Å². The first kappa shape index (κ1) is 13.1. The van der Waals surface area contributed by atoms with E-state index in [-0.39, 0.29) is 11.5 Å². The second-order valence-corrected chi connectivity index (χ2v) is 7.68. The molecule has 0 N–H and O–H groups in total. The molecule has 3 rings (SSSR count). The van der Waals surface area contributed by atoms with E-state index in [1.54, 1.807) is 4.68 Å². The molecule has 104 valence electrons. The zero-order chi connectivity index (χ0) is 14.4. The topological polar surface area (TPSA) is 75.8 Å². The maximum absolute atomic E-state index is 11.7. The summed E-state index contributed by atoms with van der Waals surface area (Å²) in [7, 11) is -1.23. The molecule has 1 atom stereocenters. The van der Waals surface area contributed by atoms with Crippen LogP contribution in [0.2, 0.25) is 0 Å². The van der Waals surface area contributed by atoms with Crippen LogP contribution in [0, 0.1) is 16.7 Å². The fraction of sp³-hybridized carbons (Fsp3) is 0.429. The lowest BCUT2D eigenvalue weighted by molar-refractivity contribution is 0.444. The second kappa shape index (κ2) is 4.32. The van der Waals surface area contributed by atoms with Gasteiger partial charge in [-0.15, -0.1) is 0 Å². The summed E-state index contributed by atoms with van der Waals surface area (Å²) in [6.45, 7) is 0. The molecule has 2 aromatic rings. The number of hydrogen-bond acceptors (Lipinski definition) is 4. The molecule has 1 aromatic heterocycles. The van der Waals surface area contributed by atoms with Crippen molar-refractivity contribution in [2.24, 2.45) is 12.5 Å². The molecule has 0 radical (unpaired) electrons. The van der Waals surface area contributed by atoms with Gasteiger partial charge in [0.05, 0.1) is 34.2 Å². The molecule has 1 fully saturated rings. The van der Waals surface area contributed by atoms with Crippen LogP contribution in [0.4, 0.5) is 0 Å². The van der Waals surface area contributed by atoms with Gasteiger partial charge in [-0.1, -0.05) is 18.2 Å². The van der Waals surface area contributed by atoms with Crippen molar-refractivity contribution in [2.75, 3.05) is 11.5 Å². The zero-order valence-electron chi connectivity index (χ0n) is 11.2. The zero-order valence-corrected chi connectivity index (χ0v) is 12.0. The standard InChI is InChI=1S/C14H15N3O2S/c1-17-13-5-3-2-4-11(13)12(16-17)8-14(9-15)6-7-20(18,19)10-14/h2-5H,6-8,10H2,1H3. The summed E-state index contributed by atoms with van der Waals surface area (Å²) < 4.78 is 25.2. The Balaban J connectivity index is 2.03. The highest BCUT2D eigenvalue weighted by atomic mass is 32.2. The Morgan fingerprint density at radius 2 is 2.20 bits per heavy atom. The summed E-state index contributed by atoms with van der Waals surface area (Å²) in [6, 6.07) is 10.0. The average Bonchev–Trinajstić information content (AvgIpc) is 2.90. The molecule has 0 aliphatic carbocycles. The predicted octanol–water partition coefficient (Wildman–Crippen LogP) is 1.44. The van der Waals surface area contributed by atoms with Gasteiger partial charge in [-0.25, -0.2) is 8.42 Å². The SMILES string of the molecule is Cn1nc(CC2(C#N)CCS(=O)(=O)C2)c2ccccc21. The van der Waals surface area contributed by atoms with E-state index in [0.29, 0.717) is 12.8 Å². The first-order valence-corrected chi connectivity index (χ1v) is 8.29. The molecule has 1 aromatic carbocycles. The molecule has 6 heteroatoms. The van der Waals surface area contributed by atoms with Crippen LogP contribution in [-0.4, -0.2) is 29.7 Å². The molecule has 1 saturated heterocycles. The van der Waals surface area contributed by atoms with Crippen LogP contribution in [0.15, 0.2) is 24.3 Å². The Labute approximate surface area is 117 Å². The van der Waals surface area contributed by atoms with Gasteiger partial charge in [-0.3, -0.25) is 4.68 Å². The molecular formula is C14H15N3O2S. The summed E-state index contributed by atoms with van der Waals surface area (Å²) in [4.78, 5) is 0. The van der Waals surface area contributed by atoms with Crippen molar-refractivity contribution in [3.8, 4) is 6.07 Å². The smallest absolute Gasteiger partial charge is 0.151 e. The summed E-state index contributed by atoms with van der Waals surface area (Å²) in [5, 5.41) is 14.9. The van der Waals surface area contributed by atoms with Gasteiger partial charge >= 0.3 is 0 Å². The van der Waals surface area contributed by atoms with Gasteiger partial charge in [-0.2, -0.15) is 10.4 Å². The van der Waals surface area contributed by atoms with Gasteiger partial charge < -0.3 is 0 Å². The van der Waals surface area contributed by atoms with Gasteiger partial charge in [0.2, 0.25) is 0 Å². The molecule has 0 saturated carbocycles. The van der Waals surface area contributed by atoms with Gasteiger partial charge in [0, 0.05) is 18.9 Å². The molecule has 1 aliphatic heterocycles. The van der Waals surface area contributed by atoms with E-state index in [1.807, 2.05) is 31.3 Å². The number of para-hydroxylation sites is 1. The fourth-order valence-electron chi connectivity index (χ4n) is 2.92. The first-order valence-electron chi connectivity index (χ1n) is 6.47. The summed E-state index contributed by atoms with van der Waals surface area (Å²) >= 11 is 0. The Hall–Kier alpha value is -1.87. The molecule has 0 spiro atoms. The van der Waals surface area contributed by atoms with Crippen molar-refractivity contribution < 1.29 is 8.42 Å². The number of nitrogens with zero attached hydrogens (tertiary/aromatic N) is 3. The van der Waals surface area contributed by atoms with E-state index in [4.69, 9.17) is 0 Å². The first-order chi connectivity index (χ1) is 9.45. The van der Waals surface area contributed by atoms with Crippen LogP contribution in [0.1, 0.15) is 12.1 Å². The van der Waals surface area contributed by atoms with Crippen LogP contribution in [-0.2, 0) is 23.3 Å². The number of benzene rings is 1. The van der Waals surface area contributed by atoms with E-state index >= 15 is 0 Å². The molecular weight excluding hydrogens is 274 g/mol. The number of hydrogen-bond donors (Lipinski definition) is 0. The highest BCUT2D eigenvalue weighted by Crippen LogP contribution is 2.36. The maximum atomic E-state index is 11.7. The average molecular weight is 289 g/mol. The van der Waals surface area contributed by atoms with Crippen LogP contribution in [0.5, 0.6) is 0 Å². The number of rotatable bonds is 2. The van der Waals surface area contributed by atoms with Crippen molar-refractivity contribution in [3.05, 3.63) is 30.0 Å². The number of sulfone groups is 1. The van der Waals surface area contributed by atoms with E-state index < -0.39 is 15.3 Å². The van der Waals surface area contributed by atoms with E-state index in [1.165, 1.54) is 0 Å². The lowest BCUT2D eigenvalue weighted by Crippen LogP contribution is -2.23. The number of aryl methyl sites for hydroxylation is 1. The third-order valence-corrected chi connectivity index (χ3v) is 5.78. The molecule has 20 heavy (non-hydrogen) atoms. The summed E-state index contributed by atoms with van der Waals surface area (Å²) in [5.74, 6) is 0.0483. The number of aromatic nitrogens is 2. The van der Waals surface area contributed by atoms with Crippen molar-refractivity contribution in [1.29, 1.82) is 5.26 Å². The van der Waals surface area contributed by atoms with Crippen LogP contribution < -0.4 is 0 Å². The molecule has 0 amide bonds. The Bertz CT molecular complexity index is 817. The highest BCUT2D eigenvalue weighted by Gasteiger charge is 2.43. The van der Waals surface area contributed by atoms with Gasteiger partial charge in [0.15, 0.2) is 9.84 Å². The lowest BCUT2D eigenvalue weighted by atomic mass is 9.84. The van der Waals surface area contributed by atoms with E-state index in [9.17, 15) is 13.7 Å². The molecule has 1 unspecified atom stereocenters. The second-order valence-electron chi connectivity index (χ2n) is 5.50. The molecule has 2 heterocycles. The Kier molecular flexibility index (Phi) is 2.83. The maximum Gasteiger partial charge on any atom is 0.151 e. The number of fused-ring (bicyclic) bond motifs is 1. The lowest BCUT2D eigenvalue weighted by Gasteiger charge is -2.16. The van der Waals surface area contributed by atoms with Gasteiger partial charge in [-0.05, 0) is 12.5 Å². The molecule has 1 aliphatic rings. The Morgan fingerprint density at radius 3 is 2.85 bits per heavy atom. The van der Waals surface area contributed by atoms with E-state index in [2.05, 4.69) is 11.2 Å². The van der Waals surface area contributed by atoms with Crippen LogP contribution in [0.25, 0.3) is 10.9 Å². The predicted molar refractivity (Wildman–Crippen MR) is 75.7 cm³/mol. The minimum Gasteiger partial charge on any atom is -0.268 e. The number of nitriles is 1. The van der Waals surface area contributed by atoms with Crippen LogP contribution >= 0.6 is 0 Å². The normalized spacial score (nSPS) is 24.8. The minimum atomic E-state index is -3.09. The Morgan fingerprint density at radius 1 is 1.45 bits per heavy atom. The largest absolute Gasteiger partial charge is 0.268 e. The van der Waals surface area contributed by atoms with Crippen molar-refractivity contribution in [2.45, 2.75) is 12.8 Å². The molecule has 0 bridgehead atoms. The van der Waals surface area contributed by atoms with Gasteiger partial charge in [0.25, 0.3) is 0 Å². The monoisotopic (exact) mass is 289 g/mol. The third-order valence-electron chi connectivity index (χ3n) is 3.97. The minimum absolute atomic E-state index is 0.0542. The van der Waals surface area contributed by atoms with Crippen molar-refractivity contribution >= 4 is 20.7 Å². The van der Waals surface area contributed by atoms with Crippen molar-refractivity contribution in [3.63, 3.8) is 0 Å². The van der Waals surface area contributed by atoms with E-state index in [0.717, 1.165) is 16.6 Å². The van der Waals surface area contributed by atoms with Gasteiger partial charge in [0.1, 0.15) is 0 Å². The quantitative estimate of drug-likeness (QED) is 0.838. The molecule has 5 nitrogen and oxygen atoms in total. The third kappa shape index (κ3) is 2.08. The summed E-state index contributed by atoms with van der Waals surface area (Å²) in [6.07, 6.45) is 0.792. The summed E-state index contributed by atoms with van der Waals surface area (Å²) in [5.41, 5.74) is 0.980.